The summed E-state index contributed by atoms with van der Waals surface area (Å²) in [7, 11) is 0. The van der Waals surface area contributed by atoms with Gasteiger partial charge in [-0.2, -0.15) is 0 Å². The Kier molecular flexibility index (Phi) is 5.40. The Balaban J connectivity index is 1.85. The molecule has 1 atom stereocenters. The highest BCUT2D eigenvalue weighted by Gasteiger charge is 2.40. The summed E-state index contributed by atoms with van der Waals surface area (Å²) in [5.41, 5.74) is -0.275. The molecular weight excluding hydrogens is 258 g/mol. The van der Waals surface area contributed by atoms with Crippen molar-refractivity contribution in [1.82, 2.24) is 5.32 Å². The predicted molar refractivity (Wildman–Crippen MR) is 78.4 cm³/mol. The first kappa shape index (κ1) is 14.5. The summed E-state index contributed by atoms with van der Waals surface area (Å²) in [4.78, 5) is 13.7. The molecule has 1 unspecified atom stereocenters. The molecule has 0 radical (unpaired) electrons. The molecule has 3 nitrogen and oxygen atoms in total. The van der Waals surface area contributed by atoms with Crippen LogP contribution in [0.5, 0.6) is 0 Å². The molecule has 2 rings (SSSR count). The Morgan fingerprint density at radius 3 is 3.11 bits per heavy atom. The van der Waals surface area contributed by atoms with Crippen LogP contribution in [0.2, 0.25) is 0 Å². The monoisotopic (exact) mass is 281 g/mol. The SMILES string of the molecule is CCCC1(C(=O)OCCc2cccs2)CCCNC1. The van der Waals surface area contributed by atoms with E-state index in [9.17, 15) is 4.79 Å². The molecule has 4 heteroatoms. The standard InChI is InChI=1S/C15H23NO2S/c1-2-7-15(8-4-9-16-12-15)14(17)18-10-6-13-5-3-11-19-13/h3,5,11,16H,2,4,6-10,12H2,1H3. The van der Waals surface area contributed by atoms with E-state index in [1.54, 1.807) is 11.3 Å². The Hall–Kier alpha value is -0.870. The van der Waals surface area contributed by atoms with Crippen molar-refractivity contribution in [3.05, 3.63) is 22.4 Å². The summed E-state index contributed by atoms with van der Waals surface area (Å²) in [5, 5.41) is 5.40. The number of carbonyl (C=O) groups excluding carboxylic acids is 1. The molecule has 1 saturated heterocycles. The van der Waals surface area contributed by atoms with Crippen LogP contribution in [0.3, 0.4) is 0 Å². The molecule has 2 heterocycles. The number of hydrogen-bond donors (Lipinski definition) is 1. The van der Waals surface area contributed by atoms with E-state index < -0.39 is 0 Å². The van der Waals surface area contributed by atoms with E-state index in [2.05, 4.69) is 23.7 Å². The predicted octanol–water partition coefficient (Wildman–Crippen LogP) is 3.00. The summed E-state index contributed by atoms with van der Waals surface area (Å²) in [6.07, 6.45) is 4.82. The minimum Gasteiger partial charge on any atom is -0.465 e. The summed E-state index contributed by atoms with van der Waals surface area (Å²) >= 11 is 1.72. The molecule has 106 valence electrons. The maximum atomic E-state index is 12.4. The maximum absolute atomic E-state index is 12.4. The zero-order valence-electron chi connectivity index (χ0n) is 11.6. The number of esters is 1. The van der Waals surface area contributed by atoms with Crippen LogP contribution in [0.25, 0.3) is 0 Å². The smallest absolute Gasteiger partial charge is 0.313 e. The number of ether oxygens (including phenoxy) is 1. The lowest BCUT2D eigenvalue weighted by atomic mass is 9.77. The van der Waals surface area contributed by atoms with Crippen LogP contribution in [0.1, 0.15) is 37.5 Å². The molecule has 0 amide bonds. The Morgan fingerprint density at radius 1 is 1.58 bits per heavy atom. The molecule has 1 aromatic heterocycles. The largest absolute Gasteiger partial charge is 0.465 e. The van der Waals surface area contributed by atoms with E-state index in [1.807, 2.05) is 6.07 Å². The highest BCUT2D eigenvalue weighted by Crippen LogP contribution is 2.33. The third kappa shape index (κ3) is 3.80. The highest BCUT2D eigenvalue weighted by atomic mass is 32.1. The van der Waals surface area contributed by atoms with Gasteiger partial charge in [0.1, 0.15) is 0 Å². The van der Waals surface area contributed by atoms with Crippen LogP contribution < -0.4 is 5.32 Å². The lowest BCUT2D eigenvalue weighted by Gasteiger charge is -2.35. The van der Waals surface area contributed by atoms with Crippen molar-refractivity contribution in [2.75, 3.05) is 19.7 Å². The third-order valence-electron chi connectivity index (χ3n) is 3.80. The average Bonchev–Trinajstić information content (AvgIpc) is 2.93. The van der Waals surface area contributed by atoms with Gasteiger partial charge in [0.15, 0.2) is 0 Å². The molecule has 0 spiro atoms. The Bertz CT molecular complexity index is 377. The fourth-order valence-electron chi connectivity index (χ4n) is 2.79. The van der Waals surface area contributed by atoms with Crippen LogP contribution in [-0.4, -0.2) is 25.7 Å². The van der Waals surface area contributed by atoms with Gasteiger partial charge in [-0.25, -0.2) is 0 Å². The van der Waals surface area contributed by atoms with Crippen LogP contribution >= 0.6 is 11.3 Å². The molecule has 1 aliphatic heterocycles. The molecule has 1 aromatic rings. The summed E-state index contributed by atoms with van der Waals surface area (Å²) in [5.74, 6) is -0.00175. The number of carbonyl (C=O) groups is 1. The Morgan fingerprint density at radius 2 is 2.47 bits per heavy atom. The summed E-state index contributed by atoms with van der Waals surface area (Å²) in [6.45, 7) is 4.44. The van der Waals surface area contributed by atoms with Crippen LogP contribution in [0.15, 0.2) is 17.5 Å². The number of rotatable bonds is 6. The van der Waals surface area contributed by atoms with Crippen molar-refractivity contribution in [2.45, 2.75) is 39.0 Å². The fourth-order valence-corrected chi connectivity index (χ4v) is 3.48. The van der Waals surface area contributed by atoms with Gasteiger partial charge in [-0.15, -0.1) is 11.3 Å². The van der Waals surface area contributed by atoms with Gasteiger partial charge in [0.05, 0.1) is 12.0 Å². The second-order valence-electron chi connectivity index (χ2n) is 5.28. The molecule has 0 aliphatic carbocycles. The lowest BCUT2D eigenvalue weighted by molar-refractivity contribution is -0.157. The first-order valence-corrected chi connectivity index (χ1v) is 8.05. The van der Waals surface area contributed by atoms with Gasteiger partial charge in [0, 0.05) is 17.8 Å². The van der Waals surface area contributed by atoms with Gasteiger partial charge >= 0.3 is 5.97 Å². The van der Waals surface area contributed by atoms with Crippen molar-refractivity contribution in [2.24, 2.45) is 5.41 Å². The average molecular weight is 281 g/mol. The van der Waals surface area contributed by atoms with E-state index in [1.165, 1.54) is 4.88 Å². The quantitative estimate of drug-likeness (QED) is 0.815. The van der Waals surface area contributed by atoms with E-state index in [4.69, 9.17) is 4.74 Å². The van der Waals surface area contributed by atoms with Gasteiger partial charge in [-0.1, -0.05) is 19.4 Å². The lowest BCUT2D eigenvalue weighted by Crippen LogP contribution is -2.46. The maximum Gasteiger partial charge on any atom is 0.313 e. The van der Waals surface area contributed by atoms with Crippen molar-refractivity contribution in [3.63, 3.8) is 0 Å². The molecule has 1 fully saturated rings. The molecule has 1 N–H and O–H groups in total. The van der Waals surface area contributed by atoms with Gasteiger partial charge in [0.25, 0.3) is 0 Å². The minimum absolute atomic E-state index is 0.00175. The van der Waals surface area contributed by atoms with E-state index in [0.29, 0.717) is 6.61 Å². The van der Waals surface area contributed by atoms with E-state index in [-0.39, 0.29) is 11.4 Å². The molecule has 0 aromatic carbocycles. The summed E-state index contributed by atoms with van der Waals surface area (Å²) in [6, 6.07) is 4.12. The van der Waals surface area contributed by atoms with E-state index in [0.717, 1.165) is 45.2 Å². The first-order chi connectivity index (χ1) is 9.27. The Labute approximate surface area is 119 Å². The third-order valence-corrected chi connectivity index (χ3v) is 4.73. The van der Waals surface area contributed by atoms with E-state index >= 15 is 0 Å². The number of thiophene rings is 1. The zero-order valence-corrected chi connectivity index (χ0v) is 12.4. The van der Waals surface area contributed by atoms with Crippen molar-refractivity contribution in [3.8, 4) is 0 Å². The fraction of sp³-hybridized carbons (Fsp3) is 0.667. The van der Waals surface area contributed by atoms with Crippen molar-refractivity contribution >= 4 is 17.3 Å². The molecular formula is C15H23NO2S. The van der Waals surface area contributed by atoms with Crippen molar-refractivity contribution < 1.29 is 9.53 Å². The number of piperidine rings is 1. The van der Waals surface area contributed by atoms with Gasteiger partial charge < -0.3 is 10.1 Å². The van der Waals surface area contributed by atoms with Gasteiger partial charge in [0.2, 0.25) is 0 Å². The first-order valence-electron chi connectivity index (χ1n) is 7.17. The van der Waals surface area contributed by atoms with Crippen molar-refractivity contribution in [1.29, 1.82) is 0 Å². The molecule has 0 bridgehead atoms. The van der Waals surface area contributed by atoms with Gasteiger partial charge in [-0.3, -0.25) is 4.79 Å². The van der Waals surface area contributed by atoms with Crippen LogP contribution in [0.4, 0.5) is 0 Å². The molecule has 1 aliphatic rings. The zero-order chi connectivity index (χ0) is 13.6. The normalized spacial score (nSPS) is 23.2. The van der Waals surface area contributed by atoms with Gasteiger partial charge in [-0.05, 0) is 37.3 Å². The second-order valence-corrected chi connectivity index (χ2v) is 6.31. The number of hydrogen-bond acceptors (Lipinski definition) is 4. The molecule has 0 saturated carbocycles. The second kappa shape index (κ2) is 7.06. The molecule has 19 heavy (non-hydrogen) atoms. The van der Waals surface area contributed by atoms with Crippen LogP contribution in [-0.2, 0) is 16.0 Å². The highest BCUT2D eigenvalue weighted by molar-refractivity contribution is 7.09. The summed E-state index contributed by atoms with van der Waals surface area (Å²) < 4.78 is 5.54. The topological polar surface area (TPSA) is 38.3 Å². The minimum atomic E-state index is -0.275. The number of nitrogens with one attached hydrogen (secondary N) is 1. The van der Waals surface area contributed by atoms with Crippen LogP contribution in [0, 0.1) is 5.41 Å².